The molecule has 0 aromatic heterocycles. The quantitative estimate of drug-likeness (QED) is 0.196. The van der Waals surface area contributed by atoms with Crippen molar-refractivity contribution in [2.24, 2.45) is 0 Å². The molecule has 0 saturated heterocycles. The van der Waals surface area contributed by atoms with Gasteiger partial charge in [0, 0.05) is 29.6 Å². The summed E-state index contributed by atoms with van der Waals surface area (Å²) in [6, 6.07) is 33.3. The Morgan fingerprint density at radius 2 is 1.59 bits per heavy atom. The smallest absolute Gasteiger partial charge is 0.309 e. The number of rotatable bonds is 9. The highest BCUT2D eigenvalue weighted by molar-refractivity contribution is 6.08. The first-order valence-electron chi connectivity index (χ1n) is 12.6. The van der Waals surface area contributed by atoms with Crippen LogP contribution in [0.3, 0.4) is 0 Å². The molecule has 1 heterocycles. The minimum absolute atomic E-state index is 0.0659. The topological polar surface area (TPSA) is 52.3 Å². The summed E-state index contributed by atoms with van der Waals surface area (Å²) >= 11 is 0. The largest absolute Gasteiger partial charge is 0.481 e. The molecule has 4 nitrogen and oxygen atoms in total. The third-order valence-corrected chi connectivity index (χ3v) is 7.04. The fraction of sp³-hybridized carbons (Fsp3) is 0.152. The molecule has 1 aliphatic rings. The first kappa shape index (κ1) is 24.3. The van der Waals surface area contributed by atoms with E-state index in [0.717, 1.165) is 23.5 Å². The summed E-state index contributed by atoms with van der Waals surface area (Å²) in [6.07, 6.45) is 8.96. The third kappa shape index (κ3) is 5.10. The molecule has 1 atom stereocenters. The maximum Gasteiger partial charge on any atom is 0.309 e. The highest BCUT2D eigenvalue weighted by Crippen LogP contribution is 2.46. The van der Waals surface area contributed by atoms with Crippen LogP contribution in [0.5, 0.6) is 0 Å². The predicted molar refractivity (Wildman–Crippen MR) is 152 cm³/mol. The predicted octanol–water partition coefficient (Wildman–Crippen LogP) is 7.10. The van der Waals surface area contributed by atoms with Crippen molar-refractivity contribution in [2.45, 2.75) is 25.2 Å². The average Bonchev–Trinajstić information content (AvgIpc) is 3.15. The Labute approximate surface area is 217 Å². The number of anilines is 1. The Kier molecular flexibility index (Phi) is 7.00. The molecule has 0 amide bonds. The maximum absolute atomic E-state index is 11.6. The van der Waals surface area contributed by atoms with E-state index in [0.29, 0.717) is 6.54 Å². The number of benzene rings is 4. The van der Waals surface area contributed by atoms with Crippen molar-refractivity contribution in [1.29, 1.82) is 0 Å². The van der Waals surface area contributed by atoms with Crippen LogP contribution in [0.1, 0.15) is 24.5 Å². The molecule has 0 radical (unpaired) electrons. The lowest BCUT2D eigenvalue weighted by Gasteiger charge is -2.24. The molecule has 1 unspecified atom stereocenters. The normalized spacial score (nSPS) is 17.1. The number of carboxylic acids is 1. The second-order valence-electron chi connectivity index (χ2n) is 9.58. The van der Waals surface area contributed by atoms with Gasteiger partial charge in [-0.3, -0.25) is 4.79 Å². The van der Waals surface area contributed by atoms with Crippen LogP contribution < -0.4 is 5.32 Å². The average molecular weight is 488 g/mol. The van der Waals surface area contributed by atoms with Crippen molar-refractivity contribution in [3.8, 4) is 0 Å². The van der Waals surface area contributed by atoms with Crippen LogP contribution >= 0.6 is 0 Å². The third-order valence-electron chi connectivity index (χ3n) is 7.04. The van der Waals surface area contributed by atoms with Crippen LogP contribution in [0.25, 0.3) is 10.8 Å². The second-order valence-corrected chi connectivity index (χ2v) is 9.58. The molecule has 4 heteroatoms. The van der Waals surface area contributed by atoms with Crippen LogP contribution in [0.15, 0.2) is 121 Å². The van der Waals surface area contributed by atoms with Gasteiger partial charge in [-0.25, -0.2) is 0 Å². The number of allylic oxidation sites excluding steroid dienone is 3. The van der Waals surface area contributed by atoms with Gasteiger partial charge in [-0.1, -0.05) is 78.9 Å². The lowest BCUT2D eigenvalue weighted by atomic mass is 9.73. The van der Waals surface area contributed by atoms with Crippen molar-refractivity contribution in [3.63, 3.8) is 0 Å². The number of nitrogens with one attached hydrogen (secondary N) is 1. The highest BCUT2D eigenvalue weighted by atomic mass is 16.4. The van der Waals surface area contributed by atoms with Gasteiger partial charge in [0.1, 0.15) is 6.42 Å². The molecular weight excluding hydrogens is 456 g/mol. The van der Waals surface area contributed by atoms with E-state index in [-0.39, 0.29) is 11.8 Å². The fourth-order valence-electron chi connectivity index (χ4n) is 5.41. The summed E-state index contributed by atoms with van der Waals surface area (Å²) in [5.74, 6) is -0.797. The van der Waals surface area contributed by atoms with Gasteiger partial charge < -0.3 is 10.4 Å². The summed E-state index contributed by atoms with van der Waals surface area (Å²) < 4.78 is 2.20. The number of hydrogen-bond donors (Lipinski definition) is 2. The van der Waals surface area contributed by atoms with E-state index in [1.165, 1.54) is 21.9 Å². The van der Waals surface area contributed by atoms with Crippen molar-refractivity contribution in [1.82, 2.24) is 0 Å². The van der Waals surface area contributed by atoms with E-state index in [1.807, 2.05) is 54.8 Å². The van der Waals surface area contributed by atoms with Crippen LogP contribution in [-0.4, -0.2) is 27.9 Å². The minimum Gasteiger partial charge on any atom is -0.481 e. The van der Waals surface area contributed by atoms with Crippen LogP contribution in [0.2, 0.25) is 0 Å². The highest BCUT2D eigenvalue weighted by Gasteiger charge is 2.48. The standard InChI is InChI=1S/C33H30N2O2/c1-33(24-25-12-4-2-5-13-25)30(18-10-11-22-34-27-15-6-3-7-16-27)35(23-21-31(36)37)29-20-19-26-14-8-9-17-28(26)32(29)33/h2-20,22H,21,23-24H2,1H3,(H,36,37)/p+1. The number of hydrogen-bond acceptors (Lipinski definition) is 2. The van der Waals surface area contributed by atoms with Gasteiger partial charge in [-0.15, -0.1) is 0 Å². The lowest BCUT2D eigenvalue weighted by molar-refractivity contribution is -0.436. The zero-order valence-corrected chi connectivity index (χ0v) is 21.0. The Balaban J connectivity index is 1.60. The molecule has 0 saturated carbocycles. The van der Waals surface area contributed by atoms with Crippen molar-refractivity contribution in [2.75, 3.05) is 11.9 Å². The van der Waals surface area contributed by atoms with E-state index < -0.39 is 5.97 Å². The van der Waals surface area contributed by atoms with Gasteiger partial charge in [0.25, 0.3) is 0 Å². The van der Waals surface area contributed by atoms with E-state index in [2.05, 4.69) is 83.6 Å². The monoisotopic (exact) mass is 487 g/mol. The molecule has 0 aliphatic carbocycles. The number of fused-ring (bicyclic) bond motifs is 3. The minimum atomic E-state index is -0.797. The number of aliphatic carboxylic acids is 1. The van der Waals surface area contributed by atoms with E-state index in [1.54, 1.807) is 0 Å². The Morgan fingerprint density at radius 1 is 0.892 bits per heavy atom. The lowest BCUT2D eigenvalue weighted by Crippen LogP contribution is -2.34. The summed E-state index contributed by atoms with van der Waals surface area (Å²) in [5, 5.41) is 15.2. The molecule has 0 fully saturated rings. The van der Waals surface area contributed by atoms with E-state index in [9.17, 15) is 9.90 Å². The summed E-state index contributed by atoms with van der Waals surface area (Å²) in [5.41, 5.74) is 5.38. The van der Waals surface area contributed by atoms with Gasteiger partial charge in [0.15, 0.2) is 12.3 Å². The summed E-state index contributed by atoms with van der Waals surface area (Å²) in [7, 11) is 0. The van der Waals surface area contributed by atoms with Gasteiger partial charge >= 0.3 is 5.97 Å². The van der Waals surface area contributed by atoms with Crippen molar-refractivity contribution < 1.29 is 14.5 Å². The zero-order valence-electron chi connectivity index (χ0n) is 21.0. The first-order valence-corrected chi connectivity index (χ1v) is 12.6. The second kappa shape index (κ2) is 10.7. The number of para-hydroxylation sites is 1. The maximum atomic E-state index is 11.6. The van der Waals surface area contributed by atoms with E-state index in [4.69, 9.17) is 0 Å². The molecule has 5 rings (SSSR count). The SMILES string of the molecule is CC1(Cc2ccccc2)C(/C=C/C=C/Nc2ccccc2)=[N+](CCC(=O)O)c2ccc3ccccc3c21. The summed E-state index contributed by atoms with van der Waals surface area (Å²) in [4.78, 5) is 11.6. The van der Waals surface area contributed by atoms with E-state index >= 15 is 0 Å². The molecule has 184 valence electrons. The first-order chi connectivity index (χ1) is 18.1. The van der Waals surface area contributed by atoms with Crippen molar-refractivity contribution >= 4 is 33.8 Å². The molecule has 2 N–H and O–H groups in total. The molecule has 0 spiro atoms. The van der Waals surface area contributed by atoms with Gasteiger partial charge in [-0.2, -0.15) is 4.58 Å². The fourth-order valence-corrected chi connectivity index (χ4v) is 5.41. The Bertz CT molecular complexity index is 1500. The molecule has 4 aromatic rings. The van der Waals surface area contributed by atoms with Gasteiger partial charge in [-0.05, 0) is 54.0 Å². The Morgan fingerprint density at radius 3 is 2.35 bits per heavy atom. The molecule has 0 bridgehead atoms. The van der Waals surface area contributed by atoms with Crippen LogP contribution in [0.4, 0.5) is 11.4 Å². The Hall–Kier alpha value is -4.44. The molecule has 4 aromatic carbocycles. The molecular formula is C33H31N2O2+. The summed E-state index contributed by atoms with van der Waals surface area (Å²) in [6.45, 7) is 2.70. The molecule has 1 aliphatic heterocycles. The zero-order chi connectivity index (χ0) is 25.7. The van der Waals surface area contributed by atoms with Crippen LogP contribution in [0, 0.1) is 0 Å². The van der Waals surface area contributed by atoms with Gasteiger partial charge in [0.05, 0.1) is 5.41 Å². The number of carbonyl (C=O) groups is 1. The van der Waals surface area contributed by atoms with Gasteiger partial charge in [0.2, 0.25) is 5.69 Å². The molecule has 37 heavy (non-hydrogen) atoms. The van der Waals surface area contributed by atoms with Crippen LogP contribution in [-0.2, 0) is 16.6 Å². The van der Waals surface area contributed by atoms with Crippen molar-refractivity contribution in [3.05, 3.63) is 133 Å². The number of carboxylic acid groups (broad SMARTS) is 1. The number of nitrogens with zero attached hydrogens (tertiary/aromatic N) is 1.